The van der Waals surface area contributed by atoms with E-state index in [-0.39, 0.29) is 18.0 Å². The van der Waals surface area contributed by atoms with Crippen LogP contribution in [0.4, 0.5) is 11.6 Å². The number of nitrogens with one attached hydrogen (secondary N) is 2. The molecular weight excluding hydrogens is 392 g/mol. The number of rotatable bonds is 6. The maximum Gasteiger partial charge on any atom is 0.217 e. The number of anilines is 2. The molecule has 2 aromatic heterocycles. The highest BCUT2D eigenvalue weighted by atomic mass is 16.5. The second-order valence-corrected chi connectivity index (χ2v) is 7.95. The molecule has 2 N–H and O–H groups in total. The van der Waals surface area contributed by atoms with Gasteiger partial charge in [-0.3, -0.25) is 4.79 Å². The van der Waals surface area contributed by atoms with Gasteiger partial charge in [0.05, 0.1) is 24.9 Å². The average molecular weight is 421 g/mol. The second kappa shape index (κ2) is 8.75. The number of carbonyl (C=O) groups is 1. The third-order valence-corrected chi connectivity index (χ3v) is 5.55. The smallest absolute Gasteiger partial charge is 0.217 e. The molecule has 0 spiro atoms. The summed E-state index contributed by atoms with van der Waals surface area (Å²) in [5.41, 5.74) is 1.91. The molecule has 1 aliphatic heterocycles. The molecular formula is C23H28N6O2. The fourth-order valence-electron chi connectivity index (χ4n) is 3.99. The Morgan fingerprint density at radius 2 is 2.13 bits per heavy atom. The number of nitrogens with zero attached hydrogens (tertiary/aromatic N) is 4. The van der Waals surface area contributed by atoms with E-state index in [2.05, 4.69) is 43.5 Å². The number of aromatic nitrogens is 3. The van der Waals surface area contributed by atoms with E-state index in [1.807, 2.05) is 31.2 Å². The van der Waals surface area contributed by atoms with Gasteiger partial charge in [-0.15, -0.1) is 0 Å². The Labute approximate surface area is 182 Å². The van der Waals surface area contributed by atoms with Crippen LogP contribution in [0.25, 0.3) is 10.9 Å². The Morgan fingerprint density at radius 3 is 2.90 bits per heavy atom. The molecule has 1 aliphatic rings. The Hall–Kier alpha value is -3.42. The van der Waals surface area contributed by atoms with Gasteiger partial charge in [0.25, 0.3) is 0 Å². The van der Waals surface area contributed by atoms with Crippen LogP contribution in [0.5, 0.6) is 5.75 Å². The molecule has 1 unspecified atom stereocenters. The van der Waals surface area contributed by atoms with Gasteiger partial charge in [0.15, 0.2) is 0 Å². The van der Waals surface area contributed by atoms with Gasteiger partial charge < -0.3 is 20.3 Å². The Morgan fingerprint density at radius 1 is 1.29 bits per heavy atom. The van der Waals surface area contributed by atoms with Crippen LogP contribution in [0, 0.1) is 6.92 Å². The quantitative estimate of drug-likeness (QED) is 0.632. The Kier molecular flexibility index (Phi) is 5.88. The third kappa shape index (κ3) is 4.68. The average Bonchev–Trinajstić information content (AvgIpc) is 3.21. The van der Waals surface area contributed by atoms with Crippen molar-refractivity contribution in [3.8, 4) is 5.75 Å². The van der Waals surface area contributed by atoms with Crippen molar-refractivity contribution in [1.29, 1.82) is 0 Å². The van der Waals surface area contributed by atoms with Crippen LogP contribution in [0.1, 0.15) is 37.7 Å². The molecule has 4 rings (SSSR count). The topological polar surface area (TPSA) is 92.3 Å². The van der Waals surface area contributed by atoms with Crippen molar-refractivity contribution in [2.45, 2.75) is 39.3 Å². The standard InChI is InChI=1S/C23H28N6O2/c1-14(17-6-5-7-19(10-17)31-4)25-23-20-11-22(24-12-21(20)26-15(2)27-23)29-9-8-18(13-29)28-16(3)30/h5-7,10-12,14,18H,8-9,13H2,1-4H3,(H,28,30)(H,25,26,27)/t14?,18-/m1/s1. The van der Waals surface area contributed by atoms with Crippen molar-refractivity contribution < 1.29 is 9.53 Å². The lowest BCUT2D eigenvalue weighted by molar-refractivity contribution is -0.119. The van der Waals surface area contributed by atoms with Crippen molar-refractivity contribution in [3.63, 3.8) is 0 Å². The zero-order valence-corrected chi connectivity index (χ0v) is 18.3. The molecule has 3 heterocycles. The van der Waals surface area contributed by atoms with E-state index in [1.165, 1.54) is 0 Å². The van der Waals surface area contributed by atoms with Crippen molar-refractivity contribution in [3.05, 3.63) is 47.9 Å². The van der Waals surface area contributed by atoms with Crippen molar-refractivity contribution in [1.82, 2.24) is 20.3 Å². The van der Waals surface area contributed by atoms with Gasteiger partial charge in [0, 0.05) is 31.4 Å². The van der Waals surface area contributed by atoms with Crippen LogP contribution in [0.3, 0.4) is 0 Å². The normalized spacial score (nSPS) is 16.9. The van der Waals surface area contributed by atoms with Gasteiger partial charge in [-0.2, -0.15) is 0 Å². The van der Waals surface area contributed by atoms with Gasteiger partial charge >= 0.3 is 0 Å². The molecule has 162 valence electrons. The Bertz CT molecular complexity index is 1100. The molecule has 0 bridgehead atoms. The van der Waals surface area contributed by atoms with Gasteiger partial charge in [-0.05, 0) is 44.0 Å². The number of amides is 1. The summed E-state index contributed by atoms with van der Waals surface area (Å²) in [7, 11) is 1.67. The predicted octanol–water partition coefficient (Wildman–Crippen LogP) is 3.23. The van der Waals surface area contributed by atoms with E-state index in [1.54, 1.807) is 20.2 Å². The molecule has 8 nitrogen and oxygen atoms in total. The molecule has 1 aromatic carbocycles. The van der Waals surface area contributed by atoms with Crippen LogP contribution < -0.4 is 20.3 Å². The SMILES string of the molecule is COc1cccc(C(C)Nc2nc(C)nc3cnc(N4CC[C@@H](NC(C)=O)C4)cc23)c1. The molecule has 0 radical (unpaired) electrons. The molecule has 0 saturated carbocycles. The van der Waals surface area contributed by atoms with Gasteiger partial charge in [-0.25, -0.2) is 15.0 Å². The minimum atomic E-state index is 0.000196. The lowest BCUT2D eigenvalue weighted by Crippen LogP contribution is -2.35. The van der Waals surface area contributed by atoms with E-state index in [4.69, 9.17) is 4.74 Å². The van der Waals surface area contributed by atoms with Crippen molar-refractivity contribution >= 4 is 28.4 Å². The van der Waals surface area contributed by atoms with Crippen molar-refractivity contribution in [2.24, 2.45) is 0 Å². The summed E-state index contributed by atoms with van der Waals surface area (Å²) in [6, 6.07) is 10.2. The molecule has 2 atom stereocenters. The van der Waals surface area contributed by atoms with Gasteiger partial charge in [0.2, 0.25) is 5.91 Å². The molecule has 3 aromatic rings. The summed E-state index contributed by atoms with van der Waals surface area (Å²) < 4.78 is 5.36. The van der Waals surface area contributed by atoms with Crippen LogP contribution in [0.2, 0.25) is 0 Å². The molecule has 1 saturated heterocycles. The minimum absolute atomic E-state index is 0.000196. The maximum absolute atomic E-state index is 11.4. The monoisotopic (exact) mass is 420 g/mol. The minimum Gasteiger partial charge on any atom is -0.497 e. The van der Waals surface area contributed by atoms with Crippen LogP contribution in [-0.2, 0) is 4.79 Å². The summed E-state index contributed by atoms with van der Waals surface area (Å²) in [6.45, 7) is 7.12. The zero-order valence-electron chi connectivity index (χ0n) is 18.3. The van der Waals surface area contributed by atoms with E-state index in [0.29, 0.717) is 5.82 Å². The number of methoxy groups -OCH3 is 1. The summed E-state index contributed by atoms with van der Waals surface area (Å²) in [4.78, 5) is 27.4. The lowest BCUT2D eigenvalue weighted by Gasteiger charge is -2.20. The molecule has 1 amide bonds. The number of pyridine rings is 1. The molecule has 1 fully saturated rings. The van der Waals surface area contributed by atoms with E-state index in [9.17, 15) is 4.79 Å². The highest BCUT2D eigenvalue weighted by molar-refractivity contribution is 5.90. The van der Waals surface area contributed by atoms with Crippen LogP contribution in [-0.4, -0.2) is 47.1 Å². The number of benzene rings is 1. The highest BCUT2D eigenvalue weighted by Gasteiger charge is 2.24. The molecule has 8 heteroatoms. The predicted molar refractivity (Wildman–Crippen MR) is 122 cm³/mol. The number of hydrogen-bond acceptors (Lipinski definition) is 7. The van der Waals surface area contributed by atoms with Gasteiger partial charge in [0.1, 0.15) is 23.2 Å². The van der Waals surface area contributed by atoms with Crippen LogP contribution >= 0.6 is 0 Å². The van der Waals surface area contributed by atoms with Crippen LogP contribution in [0.15, 0.2) is 36.5 Å². The lowest BCUT2D eigenvalue weighted by atomic mass is 10.1. The summed E-state index contributed by atoms with van der Waals surface area (Å²) in [5.74, 6) is 3.16. The maximum atomic E-state index is 11.4. The van der Waals surface area contributed by atoms with E-state index in [0.717, 1.165) is 53.4 Å². The number of aryl methyl sites for hydroxylation is 1. The first kappa shape index (κ1) is 20.8. The van der Waals surface area contributed by atoms with Gasteiger partial charge in [-0.1, -0.05) is 12.1 Å². The number of carbonyl (C=O) groups excluding carboxylic acids is 1. The van der Waals surface area contributed by atoms with E-state index >= 15 is 0 Å². The fraction of sp³-hybridized carbons (Fsp3) is 0.391. The number of ether oxygens (including phenoxy) is 1. The van der Waals surface area contributed by atoms with E-state index < -0.39 is 0 Å². The second-order valence-electron chi connectivity index (χ2n) is 7.95. The number of hydrogen-bond donors (Lipinski definition) is 2. The first-order valence-corrected chi connectivity index (χ1v) is 10.5. The summed E-state index contributed by atoms with van der Waals surface area (Å²) in [6.07, 6.45) is 2.70. The highest BCUT2D eigenvalue weighted by Crippen LogP contribution is 2.29. The first-order valence-electron chi connectivity index (χ1n) is 10.5. The fourth-order valence-corrected chi connectivity index (χ4v) is 3.99. The summed E-state index contributed by atoms with van der Waals surface area (Å²) >= 11 is 0. The molecule has 0 aliphatic carbocycles. The zero-order chi connectivity index (χ0) is 22.0. The van der Waals surface area contributed by atoms with Crippen molar-refractivity contribution in [2.75, 3.05) is 30.4 Å². The Balaban J connectivity index is 1.62. The number of fused-ring (bicyclic) bond motifs is 1. The summed E-state index contributed by atoms with van der Waals surface area (Å²) in [5, 5.41) is 7.46. The first-order chi connectivity index (χ1) is 14.9. The largest absolute Gasteiger partial charge is 0.497 e. The molecule has 31 heavy (non-hydrogen) atoms. The third-order valence-electron chi connectivity index (χ3n) is 5.55.